The molecule has 0 saturated carbocycles. The number of carbonyl (C=O) groups excluding carboxylic acids is 1. The van der Waals surface area contributed by atoms with Gasteiger partial charge in [0.25, 0.3) is 0 Å². The summed E-state index contributed by atoms with van der Waals surface area (Å²) in [5.41, 5.74) is 0.702. The Bertz CT molecular complexity index is 178. The van der Waals surface area contributed by atoms with E-state index in [4.69, 9.17) is 5.11 Å². The van der Waals surface area contributed by atoms with Gasteiger partial charge in [-0.1, -0.05) is 13.0 Å². The summed E-state index contributed by atoms with van der Waals surface area (Å²) in [6, 6.07) is 0. The van der Waals surface area contributed by atoms with E-state index in [2.05, 4.69) is 4.74 Å². The van der Waals surface area contributed by atoms with E-state index in [0.717, 1.165) is 5.75 Å². The van der Waals surface area contributed by atoms with Gasteiger partial charge in [-0.05, 0) is 6.42 Å². The summed E-state index contributed by atoms with van der Waals surface area (Å²) in [5.74, 6) is 1.19. The number of esters is 1. The third-order valence-electron chi connectivity index (χ3n) is 1.51. The van der Waals surface area contributed by atoms with Crippen LogP contribution in [0.1, 0.15) is 13.3 Å². The normalized spacial score (nSPS) is 11.5. The Morgan fingerprint density at radius 2 is 2.31 bits per heavy atom. The maximum absolute atomic E-state index is 11.1. The largest absolute Gasteiger partial charge is 0.466 e. The minimum Gasteiger partial charge on any atom is -0.466 e. The monoisotopic (exact) mass is 204 g/mol. The lowest BCUT2D eigenvalue weighted by atomic mass is 10.2. The fourth-order valence-electron chi connectivity index (χ4n) is 0.811. The summed E-state index contributed by atoms with van der Waals surface area (Å²) in [7, 11) is 1.38. The third-order valence-corrected chi connectivity index (χ3v) is 2.39. The van der Waals surface area contributed by atoms with Gasteiger partial charge in [0, 0.05) is 17.1 Å². The van der Waals surface area contributed by atoms with Crippen molar-refractivity contribution in [2.75, 3.05) is 25.2 Å². The van der Waals surface area contributed by atoms with E-state index < -0.39 is 0 Å². The van der Waals surface area contributed by atoms with Crippen molar-refractivity contribution in [1.82, 2.24) is 0 Å². The molecule has 0 aliphatic carbocycles. The van der Waals surface area contributed by atoms with Crippen LogP contribution in [0, 0.1) is 0 Å². The van der Waals surface area contributed by atoms with Crippen molar-refractivity contribution >= 4 is 17.7 Å². The summed E-state index contributed by atoms with van der Waals surface area (Å²) in [6.07, 6.45) is 2.54. The summed E-state index contributed by atoms with van der Waals surface area (Å²) in [6.45, 7) is 2.09. The fraction of sp³-hybridized carbons (Fsp3) is 0.667. The van der Waals surface area contributed by atoms with Gasteiger partial charge >= 0.3 is 5.97 Å². The summed E-state index contributed by atoms with van der Waals surface area (Å²) < 4.78 is 4.59. The highest BCUT2D eigenvalue weighted by atomic mass is 32.2. The predicted molar refractivity (Wildman–Crippen MR) is 54.8 cm³/mol. The Morgan fingerprint density at radius 3 is 2.77 bits per heavy atom. The Balaban J connectivity index is 3.85. The predicted octanol–water partition coefficient (Wildman–Crippen LogP) is 1.22. The molecule has 0 amide bonds. The first-order valence-electron chi connectivity index (χ1n) is 4.22. The van der Waals surface area contributed by atoms with Gasteiger partial charge in [0.1, 0.15) is 0 Å². The van der Waals surface area contributed by atoms with Crippen LogP contribution < -0.4 is 0 Å². The first kappa shape index (κ1) is 12.5. The maximum Gasteiger partial charge on any atom is 0.333 e. The van der Waals surface area contributed by atoms with Crippen LogP contribution in [-0.2, 0) is 9.53 Å². The van der Waals surface area contributed by atoms with E-state index in [1.165, 1.54) is 7.11 Å². The van der Waals surface area contributed by atoms with E-state index in [1.807, 2.05) is 13.0 Å². The van der Waals surface area contributed by atoms with Crippen LogP contribution in [0.15, 0.2) is 11.6 Å². The molecular weight excluding hydrogens is 188 g/mol. The zero-order valence-electron chi connectivity index (χ0n) is 8.08. The molecule has 1 N–H and O–H groups in total. The average molecular weight is 204 g/mol. The standard InChI is InChI=1S/C9H16O3S/c1-3-8(9(11)12-2)4-6-13-7-5-10/h4,10H,3,5-7H2,1-2H3. The third kappa shape index (κ3) is 5.71. The molecular formula is C9H16O3S. The van der Waals surface area contributed by atoms with Gasteiger partial charge in [0.15, 0.2) is 0 Å². The molecule has 4 heteroatoms. The van der Waals surface area contributed by atoms with Gasteiger partial charge in [-0.3, -0.25) is 0 Å². The lowest BCUT2D eigenvalue weighted by Gasteiger charge is -2.01. The topological polar surface area (TPSA) is 46.5 Å². The van der Waals surface area contributed by atoms with Gasteiger partial charge in [0.2, 0.25) is 0 Å². The van der Waals surface area contributed by atoms with Crippen LogP contribution in [0.3, 0.4) is 0 Å². The molecule has 0 unspecified atom stereocenters. The lowest BCUT2D eigenvalue weighted by molar-refractivity contribution is -0.136. The van der Waals surface area contributed by atoms with Crippen molar-refractivity contribution in [1.29, 1.82) is 0 Å². The minimum atomic E-state index is -0.257. The van der Waals surface area contributed by atoms with Gasteiger partial charge in [-0.15, -0.1) is 0 Å². The molecule has 0 heterocycles. The van der Waals surface area contributed by atoms with Crippen molar-refractivity contribution in [3.63, 3.8) is 0 Å². The van der Waals surface area contributed by atoms with E-state index in [0.29, 0.717) is 17.7 Å². The van der Waals surface area contributed by atoms with Gasteiger partial charge in [-0.2, -0.15) is 11.8 Å². The summed E-state index contributed by atoms with van der Waals surface area (Å²) >= 11 is 1.59. The fourth-order valence-corrected chi connectivity index (χ4v) is 1.43. The SMILES string of the molecule is CCC(=CCSCCO)C(=O)OC. The number of aliphatic hydroxyl groups is 1. The van der Waals surface area contributed by atoms with Crippen molar-refractivity contribution in [2.24, 2.45) is 0 Å². The average Bonchev–Trinajstić information content (AvgIpc) is 2.17. The number of methoxy groups -OCH3 is 1. The summed E-state index contributed by atoms with van der Waals surface area (Å²) in [5, 5.41) is 8.51. The molecule has 0 atom stereocenters. The molecule has 3 nitrogen and oxygen atoms in total. The van der Waals surface area contributed by atoms with E-state index in [1.54, 1.807) is 11.8 Å². The molecule has 0 rings (SSSR count). The van der Waals surface area contributed by atoms with Crippen molar-refractivity contribution in [2.45, 2.75) is 13.3 Å². The van der Waals surface area contributed by atoms with Crippen molar-refractivity contribution < 1.29 is 14.6 Å². The van der Waals surface area contributed by atoms with Crippen LogP contribution in [0.25, 0.3) is 0 Å². The minimum absolute atomic E-state index is 0.179. The van der Waals surface area contributed by atoms with Crippen LogP contribution in [-0.4, -0.2) is 36.3 Å². The summed E-state index contributed by atoms with van der Waals surface area (Å²) in [4.78, 5) is 11.1. The van der Waals surface area contributed by atoms with Crippen LogP contribution >= 0.6 is 11.8 Å². The molecule has 0 aromatic heterocycles. The Labute approximate surface area is 83.2 Å². The zero-order valence-corrected chi connectivity index (χ0v) is 8.89. The molecule has 76 valence electrons. The van der Waals surface area contributed by atoms with Gasteiger partial charge in [-0.25, -0.2) is 4.79 Å². The maximum atomic E-state index is 11.1. The second-order valence-electron chi connectivity index (χ2n) is 2.37. The van der Waals surface area contributed by atoms with Crippen LogP contribution in [0.2, 0.25) is 0 Å². The Hall–Kier alpha value is -0.480. The molecule has 0 aliphatic rings. The Morgan fingerprint density at radius 1 is 1.62 bits per heavy atom. The highest BCUT2D eigenvalue weighted by Gasteiger charge is 2.05. The molecule has 0 radical (unpaired) electrons. The molecule has 0 bridgehead atoms. The number of thioether (sulfide) groups is 1. The zero-order chi connectivity index (χ0) is 10.1. The van der Waals surface area contributed by atoms with E-state index >= 15 is 0 Å². The Kier molecular flexibility index (Phi) is 7.83. The second kappa shape index (κ2) is 8.13. The molecule has 0 aliphatic heterocycles. The molecule has 0 aromatic carbocycles. The number of hydrogen-bond donors (Lipinski definition) is 1. The number of hydrogen-bond acceptors (Lipinski definition) is 4. The number of aliphatic hydroxyl groups excluding tert-OH is 1. The highest BCUT2D eigenvalue weighted by Crippen LogP contribution is 2.07. The first-order chi connectivity index (χ1) is 6.26. The van der Waals surface area contributed by atoms with Crippen LogP contribution in [0.5, 0.6) is 0 Å². The quantitative estimate of drug-likeness (QED) is 0.401. The first-order valence-corrected chi connectivity index (χ1v) is 5.37. The van der Waals surface area contributed by atoms with Gasteiger partial charge < -0.3 is 9.84 Å². The molecule has 0 fully saturated rings. The van der Waals surface area contributed by atoms with E-state index in [-0.39, 0.29) is 12.6 Å². The van der Waals surface area contributed by atoms with Crippen LogP contribution in [0.4, 0.5) is 0 Å². The molecule has 0 spiro atoms. The smallest absolute Gasteiger partial charge is 0.333 e. The van der Waals surface area contributed by atoms with E-state index in [9.17, 15) is 4.79 Å². The molecule has 0 aromatic rings. The van der Waals surface area contributed by atoms with Crippen molar-refractivity contribution in [3.8, 4) is 0 Å². The molecule has 13 heavy (non-hydrogen) atoms. The number of carbonyl (C=O) groups is 1. The highest BCUT2D eigenvalue weighted by molar-refractivity contribution is 7.99. The molecule has 0 saturated heterocycles. The second-order valence-corrected chi connectivity index (χ2v) is 3.52. The number of rotatable bonds is 6. The van der Waals surface area contributed by atoms with Gasteiger partial charge in [0.05, 0.1) is 13.7 Å². The lowest BCUT2D eigenvalue weighted by Crippen LogP contribution is -2.04. The number of ether oxygens (including phenoxy) is 1. The van der Waals surface area contributed by atoms with Crippen molar-refractivity contribution in [3.05, 3.63) is 11.6 Å².